The van der Waals surface area contributed by atoms with Gasteiger partial charge in [-0.25, -0.2) is 0 Å². The van der Waals surface area contributed by atoms with Crippen LogP contribution in [0.4, 0.5) is 13.2 Å². The van der Waals surface area contributed by atoms with Gasteiger partial charge in [-0.3, -0.25) is 4.79 Å². The summed E-state index contributed by atoms with van der Waals surface area (Å²) in [5.74, 6) is 1.00. The van der Waals surface area contributed by atoms with Crippen molar-refractivity contribution in [2.24, 2.45) is 0 Å². The van der Waals surface area contributed by atoms with Gasteiger partial charge in [-0.2, -0.15) is 13.2 Å². The molecule has 2 aromatic carbocycles. The Bertz CT molecular complexity index is 1160. The largest absolute Gasteiger partial charge is 0.494 e. The van der Waals surface area contributed by atoms with Gasteiger partial charge in [0.05, 0.1) is 13.0 Å². The standard InChI is InChI=1S/C20H24O2.C9H9F3.C2H4O.C2H6.CH2O.2H2/c1-5-22-20-13-17(11-10-15(20)3)12-19(21)18-9-7-6-8-14(2)16(18)4;1-7-3-2-4-8(5-7)6-9(10,11)12;1-2-3;2*1-2;;/h7,9-11,13H,2,5-6,8,12H2,1,3-4H3;2-5H,6H2,1H3;2H,1H3;1-2H3;1H2;2*1H. The average Bonchev–Trinajstić information content (AvgIpc) is 3.09. The number of carbonyl (C=O) groups is 3. The molecule has 0 saturated heterocycles. The molecule has 0 amide bonds. The van der Waals surface area contributed by atoms with E-state index in [2.05, 4.69) is 12.7 Å². The lowest BCUT2D eigenvalue weighted by atomic mass is 9.95. The number of allylic oxidation sites excluding steroid dienone is 5. The molecule has 0 aliphatic heterocycles. The van der Waals surface area contributed by atoms with Gasteiger partial charge >= 0.3 is 6.18 Å². The van der Waals surface area contributed by atoms with E-state index in [4.69, 9.17) is 14.3 Å². The van der Waals surface area contributed by atoms with E-state index in [-0.39, 0.29) is 8.64 Å². The minimum Gasteiger partial charge on any atom is -0.494 e. The summed E-state index contributed by atoms with van der Waals surface area (Å²) < 4.78 is 41.2. The summed E-state index contributed by atoms with van der Waals surface area (Å²) in [4.78, 5) is 29.4. The van der Waals surface area contributed by atoms with Crippen molar-refractivity contribution in [3.8, 4) is 5.75 Å². The number of ether oxygens (including phenoxy) is 1. The minimum absolute atomic E-state index is 0. The van der Waals surface area contributed by atoms with Gasteiger partial charge < -0.3 is 14.3 Å². The third-order valence-corrected chi connectivity index (χ3v) is 5.54. The van der Waals surface area contributed by atoms with E-state index >= 15 is 0 Å². The second-order valence-electron chi connectivity index (χ2n) is 8.73. The Hall–Kier alpha value is -3.74. The van der Waals surface area contributed by atoms with Gasteiger partial charge in [0, 0.05) is 14.8 Å². The summed E-state index contributed by atoms with van der Waals surface area (Å²) in [7, 11) is 0. The maximum absolute atomic E-state index is 12.6. The Morgan fingerprint density at radius 2 is 1.66 bits per heavy atom. The lowest BCUT2D eigenvalue weighted by Gasteiger charge is -2.11. The fourth-order valence-corrected chi connectivity index (χ4v) is 3.66. The molecular weight excluding hydrogens is 529 g/mol. The predicted molar refractivity (Wildman–Crippen MR) is 167 cm³/mol. The fraction of sp³-hybridized carbons (Fsp3) is 0.382. The zero-order valence-corrected chi connectivity index (χ0v) is 25.5. The van der Waals surface area contributed by atoms with Crippen LogP contribution in [0.3, 0.4) is 0 Å². The van der Waals surface area contributed by atoms with Gasteiger partial charge in [-0.1, -0.05) is 80.1 Å². The van der Waals surface area contributed by atoms with Crippen LogP contribution in [0.15, 0.2) is 77.9 Å². The maximum Gasteiger partial charge on any atom is 0.393 e. The molecule has 0 fully saturated rings. The molecule has 0 bridgehead atoms. The van der Waals surface area contributed by atoms with Crippen LogP contribution >= 0.6 is 0 Å². The zero-order valence-electron chi connectivity index (χ0n) is 25.5. The number of rotatable bonds is 6. The van der Waals surface area contributed by atoms with Gasteiger partial charge in [0.15, 0.2) is 5.78 Å². The molecule has 0 heterocycles. The van der Waals surface area contributed by atoms with Crippen LogP contribution in [0.2, 0.25) is 0 Å². The summed E-state index contributed by atoms with van der Waals surface area (Å²) in [6, 6.07) is 12.4. The van der Waals surface area contributed by atoms with E-state index in [1.54, 1.807) is 25.1 Å². The van der Waals surface area contributed by atoms with Crippen LogP contribution in [0.1, 0.15) is 72.6 Å². The molecular formula is C34H49F3O4. The zero-order chi connectivity index (χ0) is 32.0. The number of halogens is 3. The van der Waals surface area contributed by atoms with Crippen molar-refractivity contribution in [1.29, 1.82) is 0 Å². The van der Waals surface area contributed by atoms with E-state index in [1.165, 1.54) is 13.0 Å². The van der Waals surface area contributed by atoms with E-state index in [0.717, 1.165) is 58.3 Å². The number of Topliss-reactive ketones (excluding diaryl/α,β-unsaturated/α-hetero) is 1. The average molecular weight is 579 g/mol. The molecule has 0 spiro atoms. The van der Waals surface area contributed by atoms with Crippen molar-refractivity contribution >= 4 is 18.9 Å². The third kappa shape index (κ3) is 16.8. The minimum atomic E-state index is -4.10. The first kappa shape index (κ1) is 39.4. The number of aldehydes is 1. The normalized spacial score (nSPS) is 12.0. The molecule has 0 atom stereocenters. The SMILES string of the molecule is C=C1CCC=CC(C(=O)Cc2ccc(C)c(OCC)c2)=C1C.C=O.CC.CC=O.Cc1cccc(CC(F)(F)F)c1.[HH].[HH]. The number of benzene rings is 2. The number of carbonyl (C=O) groups excluding carboxylic acids is 3. The Morgan fingerprint density at radius 3 is 2.20 bits per heavy atom. The topological polar surface area (TPSA) is 60.4 Å². The molecule has 41 heavy (non-hydrogen) atoms. The molecule has 2 aromatic rings. The van der Waals surface area contributed by atoms with Crippen LogP contribution in [-0.2, 0) is 27.2 Å². The van der Waals surface area contributed by atoms with Crippen molar-refractivity contribution in [3.05, 3.63) is 100 Å². The Balaban J connectivity index is -0.000000308. The summed E-state index contributed by atoms with van der Waals surface area (Å²) in [6.45, 7) is 19.9. The van der Waals surface area contributed by atoms with Crippen molar-refractivity contribution in [2.75, 3.05) is 6.61 Å². The number of ketones is 1. The van der Waals surface area contributed by atoms with E-state index in [1.807, 2.05) is 65.7 Å². The second kappa shape index (κ2) is 22.0. The highest BCUT2D eigenvalue weighted by Gasteiger charge is 2.27. The lowest BCUT2D eigenvalue weighted by molar-refractivity contribution is -0.127. The highest BCUT2D eigenvalue weighted by atomic mass is 19.4. The van der Waals surface area contributed by atoms with Crippen LogP contribution < -0.4 is 4.74 Å². The summed E-state index contributed by atoms with van der Waals surface area (Å²) >= 11 is 0. The Kier molecular flexibility index (Phi) is 21.2. The van der Waals surface area contributed by atoms with Crippen LogP contribution in [0.25, 0.3) is 0 Å². The number of hydrogen-bond acceptors (Lipinski definition) is 4. The first-order chi connectivity index (χ1) is 19.4. The molecule has 1 aliphatic carbocycles. The second-order valence-corrected chi connectivity index (χ2v) is 8.73. The molecule has 0 radical (unpaired) electrons. The molecule has 1 aliphatic rings. The first-order valence-corrected chi connectivity index (χ1v) is 13.5. The molecule has 0 N–H and O–H groups in total. The maximum atomic E-state index is 12.6. The van der Waals surface area contributed by atoms with Crippen molar-refractivity contribution in [3.63, 3.8) is 0 Å². The highest BCUT2D eigenvalue weighted by molar-refractivity contribution is 6.00. The third-order valence-electron chi connectivity index (χ3n) is 5.54. The number of aryl methyl sites for hydroxylation is 2. The van der Waals surface area contributed by atoms with E-state index in [9.17, 15) is 18.0 Å². The highest BCUT2D eigenvalue weighted by Crippen LogP contribution is 2.26. The monoisotopic (exact) mass is 578 g/mol. The van der Waals surface area contributed by atoms with Gasteiger partial charge in [-0.15, -0.1) is 0 Å². The molecule has 230 valence electrons. The summed E-state index contributed by atoms with van der Waals surface area (Å²) in [5.41, 5.74) is 6.14. The number of alkyl halides is 3. The first-order valence-electron chi connectivity index (χ1n) is 13.5. The fourth-order valence-electron chi connectivity index (χ4n) is 3.66. The molecule has 0 unspecified atom stereocenters. The van der Waals surface area contributed by atoms with Gasteiger partial charge in [0.2, 0.25) is 0 Å². The van der Waals surface area contributed by atoms with Crippen LogP contribution in [0.5, 0.6) is 5.75 Å². The Morgan fingerprint density at radius 1 is 1.05 bits per heavy atom. The molecule has 4 nitrogen and oxygen atoms in total. The van der Waals surface area contributed by atoms with Crippen LogP contribution in [0, 0.1) is 13.8 Å². The lowest BCUT2D eigenvalue weighted by Crippen LogP contribution is -2.11. The Labute approximate surface area is 247 Å². The van der Waals surface area contributed by atoms with Gasteiger partial charge in [-0.05, 0) is 75.8 Å². The number of hydrogen-bond donors (Lipinski definition) is 0. The van der Waals surface area contributed by atoms with Crippen LogP contribution in [-0.4, -0.2) is 31.6 Å². The molecule has 7 heteroatoms. The van der Waals surface area contributed by atoms with Crippen molar-refractivity contribution in [2.45, 2.75) is 80.3 Å². The quantitative estimate of drug-likeness (QED) is 0.321. The molecule has 0 aromatic heterocycles. The smallest absolute Gasteiger partial charge is 0.393 e. The van der Waals surface area contributed by atoms with Crippen molar-refractivity contribution < 1.29 is 35.1 Å². The van der Waals surface area contributed by atoms with E-state index in [0.29, 0.717) is 18.6 Å². The summed E-state index contributed by atoms with van der Waals surface area (Å²) in [5, 5.41) is 0. The summed E-state index contributed by atoms with van der Waals surface area (Å²) in [6.07, 6.45) is 2.10. The molecule has 0 saturated carbocycles. The van der Waals surface area contributed by atoms with Gasteiger partial charge in [0.1, 0.15) is 18.8 Å². The van der Waals surface area contributed by atoms with E-state index < -0.39 is 12.6 Å². The predicted octanol–water partition coefficient (Wildman–Crippen LogP) is 9.37. The van der Waals surface area contributed by atoms with Crippen molar-refractivity contribution in [1.82, 2.24) is 0 Å². The van der Waals surface area contributed by atoms with Gasteiger partial charge in [0.25, 0.3) is 0 Å². The molecule has 3 rings (SSSR count).